The van der Waals surface area contributed by atoms with Crippen molar-refractivity contribution in [2.45, 2.75) is 6.54 Å². The van der Waals surface area contributed by atoms with E-state index in [4.69, 9.17) is 0 Å². The van der Waals surface area contributed by atoms with Crippen molar-refractivity contribution in [3.05, 3.63) is 112 Å². The average molecular weight is 422 g/mol. The van der Waals surface area contributed by atoms with E-state index >= 15 is 0 Å². The molecule has 0 unspecified atom stereocenters. The van der Waals surface area contributed by atoms with Crippen LogP contribution < -0.4 is 5.32 Å². The summed E-state index contributed by atoms with van der Waals surface area (Å²) in [6.45, 7) is 0.650. The summed E-state index contributed by atoms with van der Waals surface area (Å²) in [5.74, 6) is -0.632. The first-order valence-electron chi connectivity index (χ1n) is 9.84. The third kappa shape index (κ3) is 4.40. The van der Waals surface area contributed by atoms with Crippen molar-refractivity contribution in [3.8, 4) is 6.07 Å². The molecule has 0 aliphatic heterocycles. The van der Waals surface area contributed by atoms with Crippen molar-refractivity contribution >= 4 is 34.3 Å². The molecule has 1 heterocycles. The minimum atomic E-state index is -0.632. The van der Waals surface area contributed by atoms with Gasteiger partial charge in [0.15, 0.2) is 0 Å². The first-order chi connectivity index (χ1) is 15.5. The van der Waals surface area contributed by atoms with E-state index in [0.717, 1.165) is 22.0 Å². The van der Waals surface area contributed by atoms with Crippen LogP contribution in [0.3, 0.4) is 0 Å². The lowest BCUT2D eigenvalue weighted by Crippen LogP contribution is -2.13. The lowest BCUT2D eigenvalue weighted by atomic mass is 10.1. The molecule has 3 aromatic carbocycles. The van der Waals surface area contributed by atoms with Gasteiger partial charge in [-0.05, 0) is 23.8 Å². The Labute approximate surface area is 184 Å². The van der Waals surface area contributed by atoms with Crippen LogP contribution in [0.1, 0.15) is 11.1 Å². The minimum Gasteiger partial charge on any atom is -0.342 e. The fourth-order valence-corrected chi connectivity index (χ4v) is 3.50. The molecule has 0 aliphatic rings. The normalized spacial score (nSPS) is 11.2. The number of hydrogen-bond donors (Lipinski definition) is 1. The second kappa shape index (κ2) is 8.98. The van der Waals surface area contributed by atoms with Crippen LogP contribution in [-0.2, 0) is 11.3 Å². The first-order valence-corrected chi connectivity index (χ1v) is 9.84. The molecule has 0 bridgehead atoms. The Kier molecular flexibility index (Phi) is 5.77. The number of nitro groups is 1. The van der Waals surface area contributed by atoms with Gasteiger partial charge in [-0.15, -0.1) is 0 Å². The molecule has 4 rings (SSSR count). The number of nitrogens with zero attached hydrogens (tertiary/aromatic N) is 3. The number of carbonyl (C=O) groups is 1. The van der Waals surface area contributed by atoms with E-state index in [9.17, 15) is 20.2 Å². The zero-order valence-corrected chi connectivity index (χ0v) is 16.9. The van der Waals surface area contributed by atoms with Crippen LogP contribution in [0.2, 0.25) is 0 Å². The van der Waals surface area contributed by atoms with Gasteiger partial charge >= 0.3 is 0 Å². The second-order valence-electron chi connectivity index (χ2n) is 7.15. The fraction of sp³-hybridized carbons (Fsp3) is 0.0400. The number of anilines is 1. The van der Waals surface area contributed by atoms with Gasteiger partial charge in [-0.1, -0.05) is 54.6 Å². The molecule has 1 N–H and O–H groups in total. The van der Waals surface area contributed by atoms with Gasteiger partial charge < -0.3 is 9.88 Å². The van der Waals surface area contributed by atoms with Crippen LogP contribution >= 0.6 is 0 Å². The highest BCUT2D eigenvalue weighted by atomic mass is 16.6. The lowest BCUT2D eigenvalue weighted by molar-refractivity contribution is -0.384. The van der Waals surface area contributed by atoms with Gasteiger partial charge in [0.05, 0.1) is 4.92 Å². The number of non-ortho nitro benzene ring substituents is 1. The average Bonchev–Trinajstić information content (AvgIpc) is 3.15. The Bertz CT molecular complexity index is 1380. The van der Waals surface area contributed by atoms with Gasteiger partial charge in [0.2, 0.25) is 0 Å². The van der Waals surface area contributed by atoms with Crippen molar-refractivity contribution in [1.82, 2.24) is 4.57 Å². The molecule has 1 amide bonds. The predicted molar refractivity (Wildman–Crippen MR) is 123 cm³/mol. The third-order valence-electron chi connectivity index (χ3n) is 4.99. The third-order valence-corrected chi connectivity index (χ3v) is 4.99. The number of para-hydroxylation sites is 1. The minimum absolute atomic E-state index is 0.0980. The van der Waals surface area contributed by atoms with Crippen molar-refractivity contribution < 1.29 is 9.72 Å². The number of rotatable bonds is 6. The van der Waals surface area contributed by atoms with Gasteiger partial charge in [0.25, 0.3) is 11.6 Å². The summed E-state index contributed by atoms with van der Waals surface area (Å²) in [6, 6.07) is 25.3. The lowest BCUT2D eigenvalue weighted by Gasteiger charge is -2.05. The summed E-state index contributed by atoms with van der Waals surface area (Å²) in [6.07, 6.45) is 3.45. The van der Waals surface area contributed by atoms with Crippen LogP contribution in [0.5, 0.6) is 0 Å². The molecular formula is C25H18N4O3. The largest absolute Gasteiger partial charge is 0.342 e. The number of aromatic nitrogens is 1. The van der Waals surface area contributed by atoms with Crippen molar-refractivity contribution in [1.29, 1.82) is 5.26 Å². The molecule has 0 spiro atoms. The number of fused-ring (bicyclic) bond motifs is 1. The standard InChI is InChI=1S/C25H18N4O3/c26-15-19(25(30)27-21-9-6-10-22(14-21)29(31)32)13-20-17-28(16-18-7-2-1-3-8-18)24-12-5-4-11-23(20)24/h1-14,17H,16H2,(H,27,30). The Morgan fingerprint density at radius 3 is 2.56 bits per heavy atom. The van der Waals surface area contributed by atoms with Crippen LogP contribution in [0.25, 0.3) is 17.0 Å². The van der Waals surface area contributed by atoms with Crippen LogP contribution in [0, 0.1) is 21.4 Å². The van der Waals surface area contributed by atoms with Gasteiger partial charge in [-0.3, -0.25) is 14.9 Å². The predicted octanol–water partition coefficient (Wildman–Crippen LogP) is 5.14. The summed E-state index contributed by atoms with van der Waals surface area (Å²) in [4.78, 5) is 23.1. The van der Waals surface area contributed by atoms with E-state index in [1.807, 2.05) is 66.9 Å². The molecule has 1 aromatic heterocycles. The maximum absolute atomic E-state index is 12.7. The van der Waals surface area contributed by atoms with E-state index < -0.39 is 10.8 Å². The maximum Gasteiger partial charge on any atom is 0.271 e. The number of nitriles is 1. The topological polar surface area (TPSA) is 101 Å². The molecule has 7 heteroatoms. The molecule has 32 heavy (non-hydrogen) atoms. The highest BCUT2D eigenvalue weighted by Gasteiger charge is 2.14. The smallest absolute Gasteiger partial charge is 0.271 e. The Morgan fingerprint density at radius 2 is 1.81 bits per heavy atom. The van der Waals surface area contributed by atoms with E-state index in [1.165, 1.54) is 30.3 Å². The Morgan fingerprint density at radius 1 is 1.06 bits per heavy atom. The van der Waals surface area contributed by atoms with E-state index in [-0.39, 0.29) is 16.9 Å². The van der Waals surface area contributed by atoms with Gasteiger partial charge in [0.1, 0.15) is 11.6 Å². The molecule has 0 aliphatic carbocycles. The second-order valence-corrected chi connectivity index (χ2v) is 7.15. The highest BCUT2D eigenvalue weighted by Crippen LogP contribution is 2.25. The van der Waals surface area contributed by atoms with E-state index in [1.54, 1.807) is 0 Å². The molecular weight excluding hydrogens is 404 g/mol. The number of hydrogen-bond acceptors (Lipinski definition) is 4. The van der Waals surface area contributed by atoms with Crippen molar-refractivity contribution in [2.24, 2.45) is 0 Å². The summed E-state index contributed by atoms with van der Waals surface area (Å²) < 4.78 is 2.07. The van der Waals surface area contributed by atoms with E-state index in [2.05, 4.69) is 9.88 Å². The molecule has 0 saturated heterocycles. The van der Waals surface area contributed by atoms with Gasteiger partial charge in [0, 0.05) is 47.0 Å². The molecule has 4 aromatic rings. The molecule has 0 saturated carbocycles. The number of nitro benzene ring substituents is 1. The maximum atomic E-state index is 12.7. The highest BCUT2D eigenvalue weighted by molar-refractivity contribution is 6.10. The van der Waals surface area contributed by atoms with Crippen LogP contribution in [0.15, 0.2) is 90.6 Å². The zero-order chi connectivity index (χ0) is 22.5. The van der Waals surface area contributed by atoms with Crippen molar-refractivity contribution in [2.75, 3.05) is 5.32 Å². The Hall–Kier alpha value is -4.70. The van der Waals surface area contributed by atoms with Crippen LogP contribution in [0.4, 0.5) is 11.4 Å². The number of carbonyl (C=O) groups excluding carboxylic acids is 1. The number of benzene rings is 3. The summed E-state index contributed by atoms with van der Waals surface area (Å²) in [5.41, 5.74) is 2.86. The molecule has 156 valence electrons. The fourth-order valence-electron chi connectivity index (χ4n) is 3.50. The SMILES string of the molecule is N#CC(=Cc1cn(Cc2ccccc2)c2ccccc12)C(=O)Nc1cccc([N+](=O)[O-])c1. The number of amides is 1. The van der Waals surface area contributed by atoms with Crippen molar-refractivity contribution in [3.63, 3.8) is 0 Å². The zero-order valence-electron chi connectivity index (χ0n) is 16.9. The summed E-state index contributed by atoms with van der Waals surface area (Å²) >= 11 is 0. The molecule has 0 radical (unpaired) electrons. The molecule has 0 atom stereocenters. The van der Waals surface area contributed by atoms with Gasteiger partial charge in [-0.2, -0.15) is 5.26 Å². The molecule has 0 fully saturated rings. The number of nitrogens with one attached hydrogen (secondary N) is 1. The summed E-state index contributed by atoms with van der Waals surface area (Å²) in [5, 5.41) is 24.0. The van der Waals surface area contributed by atoms with Crippen LogP contribution in [-0.4, -0.2) is 15.4 Å². The molecule has 7 nitrogen and oxygen atoms in total. The first kappa shape index (κ1) is 20.6. The van der Waals surface area contributed by atoms with Gasteiger partial charge in [-0.25, -0.2) is 0 Å². The Balaban J connectivity index is 1.66. The quantitative estimate of drug-likeness (QED) is 0.201. The summed E-state index contributed by atoms with van der Waals surface area (Å²) in [7, 11) is 0. The van der Waals surface area contributed by atoms with E-state index in [0.29, 0.717) is 6.54 Å². The monoisotopic (exact) mass is 422 g/mol.